The summed E-state index contributed by atoms with van der Waals surface area (Å²) in [5.41, 5.74) is 0.123. The minimum absolute atomic E-state index is 0.123. The zero-order valence-electron chi connectivity index (χ0n) is 7.79. The van der Waals surface area contributed by atoms with Gasteiger partial charge < -0.3 is 5.32 Å². The van der Waals surface area contributed by atoms with E-state index >= 15 is 0 Å². The van der Waals surface area contributed by atoms with Gasteiger partial charge in [0.1, 0.15) is 5.82 Å². The summed E-state index contributed by atoms with van der Waals surface area (Å²) < 4.78 is 39.5. The molecule has 1 aliphatic rings. The van der Waals surface area contributed by atoms with Crippen molar-refractivity contribution in [2.45, 2.75) is 12.3 Å². The van der Waals surface area contributed by atoms with Gasteiger partial charge in [-0.25, -0.2) is 13.2 Å². The van der Waals surface area contributed by atoms with E-state index in [9.17, 15) is 13.2 Å². The summed E-state index contributed by atoms with van der Waals surface area (Å²) in [7, 11) is 0. The van der Waals surface area contributed by atoms with Crippen molar-refractivity contribution in [2.24, 2.45) is 0 Å². The number of nitrogens with one attached hydrogen (secondary N) is 1. The second-order valence-corrected chi connectivity index (χ2v) is 4.37. The summed E-state index contributed by atoms with van der Waals surface area (Å²) in [6, 6.07) is 1.07. The predicted octanol–water partition coefficient (Wildman–Crippen LogP) is 2.94. The Morgan fingerprint density at radius 2 is 2.00 bits per heavy atom. The van der Waals surface area contributed by atoms with Crippen LogP contribution in [-0.2, 0) is 0 Å². The molecule has 0 aromatic heterocycles. The van der Waals surface area contributed by atoms with Crippen LogP contribution in [0.2, 0.25) is 0 Å². The second kappa shape index (κ2) is 4.14. The first-order valence-corrected chi connectivity index (χ1v) is 5.44. The Morgan fingerprint density at radius 1 is 1.27 bits per heavy atom. The molecule has 5 heteroatoms. The fourth-order valence-corrected chi connectivity index (χ4v) is 2.10. The van der Waals surface area contributed by atoms with Gasteiger partial charge in [0.15, 0.2) is 11.6 Å². The summed E-state index contributed by atoms with van der Waals surface area (Å²) in [6.07, 6.45) is 0.706. The van der Waals surface area contributed by atoms with E-state index in [1.165, 1.54) is 0 Å². The maximum absolute atomic E-state index is 13.5. The van der Waals surface area contributed by atoms with Gasteiger partial charge in [-0.05, 0) is 40.5 Å². The van der Waals surface area contributed by atoms with Crippen LogP contribution in [0.25, 0.3) is 0 Å². The van der Waals surface area contributed by atoms with E-state index in [0.29, 0.717) is 13.0 Å². The molecule has 1 atom stereocenters. The molecule has 1 heterocycles. The Labute approximate surface area is 93.8 Å². The van der Waals surface area contributed by atoms with Crippen LogP contribution in [0.3, 0.4) is 0 Å². The van der Waals surface area contributed by atoms with Gasteiger partial charge in [-0.3, -0.25) is 0 Å². The van der Waals surface area contributed by atoms with E-state index in [2.05, 4.69) is 21.2 Å². The second-order valence-electron chi connectivity index (χ2n) is 3.58. The van der Waals surface area contributed by atoms with Crippen molar-refractivity contribution in [3.05, 3.63) is 33.6 Å². The molecule has 1 aromatic carbocycles. The number of halogens is 4. The number of rotatable bonds is 1. The van der Waals surface area contributed by atoms with E-state index in [1.54, 1.807) is 0 Å². The van der Waals surface area contributed by atoms with Crippen LogP contribution in [0, 0.1) is 17.5 Å². The zero-order chi connectivity index (χ0) is 11.0. The van der Waals surface area contributed by atoms with Crippen LogP contribution in [-0.4, -0.2) is 13.1 Å². The summed E-state index contributed by atoms with van der Waals surface area (Å²) in [5, 5.41) is 3.03. The number of hydrogen-bond acceptors (Lipinski definition) is 1. The lowest BCUT2D eigenvalue weighted by Crippen LogP contribution is -2.10. The SMILES string of the molecule is Fc1cc(C2CCNC2)c(F)c(F)c1Br. The molecule has 15 heavy (non-hydrogen) atoms. The van der Waals surface area contributed by atoms with Crippen molar-refractivity contribution in [2.75, 3.05) is 13.1 Å². The molecule has 1 nitrogen and oxygen atoms in total. The molecular weight excluding hydrogens is 271 g/mol. The molecule has 1 unspecified atom stereocenters. The molecule has 1 saturated heterocycles. The van der Waals surface area contributed by atoms with Gasteiger partial charge in [-0.15, -0.1) is 0 Å². The molecule has 0 bridgehead atoms. The van der Waals surface area contributed by atoms with Gasteiger partial charge in [-0.2, -0.15) is 0 Å². The molecular formula is C10H9BrF3N. The highest BCUT2D eigenvalue weighted by Gasteiger charge is 2.25. The van der Waals surface area contributed by atoms with Crippen LogP contribution in [0.4, 0.5) is 13.2 Å². The standard InChI is InChI=1S/C10H9BrF3N/c11-8-7(12)3-6(9(13)10(8)14)5-1-2-15-4-5/h3,5,15H,1-2,4H2. The number of hydrogen-bond donors (Lipinski definition) is 1. The summed E-state index contributed by atoms with van der Waals surface area (Å²) in [4.78, 5) is 0. The van der Waals surface area contributed by atoms with Crippen molar-refractivity contribution in [1.82, 2.24) is 5.32 Å². The van der Waals surface area contributed by atoms with Gasteiger partial charge in [0.2, 0.25) is 0 Å². The first-order chi connectivity index (χ1) is 7.11. The minimum atomic E-state index is -1.14. The third-order valence-corrected chi connectivity index (χ3v) is 3.36. The Kier molecular flexibility index (Phi) is 3.02. The maximum Gasteiger partial charge on any atom is 0.176 e. The molecule has 0 amide bonds. The van der Waals surface area contributed by atoms with Crippen molar-refractivity contribution in [3.8, 4) is 0 Å². The molecule has 2 rings (SSSR count). The third kappa shape index (κ3) is 1.90. The Morgan fingerprint density at radius 3 is 2.60 bits per heavy atom. The van der Waals surface area contributed by atoms with E-state index in [1.807, 2.05) is 0 Å². The molecule has 0 radical (unpaired) electrons. The third-order valence-electron chi connectivity index (χ3n) is 2.63. The molecule has 1 N–H and O–H groups in total. The maximum atomic E-state index is 13.5. The predicted molar refractivity (Wildman–Crippen MR) is 54.2 cm³/mol. The Hall–Kier alpha value is -0.550. The molecule has 1 aromatic rings. The van der Waals surface area contributed by atoms with E-state index in [0.717, 1.165) is 12.6 Å². The lowest BCUT2D eigenvalue weighted by atomic mass is 9.97. The average molecular weight is 280 g/mol. The van der Waals surface area contributed by atoms with E-state index in [-0.39, 0.29) is 11.5 Å². The van der Waals surface area contributed by atoms with Gasteiger partial charge in [0, 0.05) is 12.5 Å². The minimum Gasteiger partial charge on any atom is -0.316 e. The average Bonchev–Trinajstić information content (AvgIpc) is 2.73. The molecule has 0 saturated carbocycles. The lowest BCUT2D eigenvalue weighted by molar-refractivity contribution is 0.470. The molecule has 1 fully saturated rings. The highest BCUT2D eigenvalue weighted by Crippen LogP contribution is 2.31. The zero-order valence-corrected chi connectivity index (χ0v) is 9.37. The fraction of sp³-hybridized carbons (Fsp3) is 0.400. The van der Waals surface area contributed by atoms with E-state index in [4.69, 9.17) is 0 Å². The monoisotopic (exact) mass is 279 g/mol. The van der Waals surface area contributed by atoms with Gasteiger partial charge in [-0.1, -0.05) is 0 Å². The van der Waals surface area contributed by atoms with Crippen molar-refractivity contribution in [1.29, 1.82) is 0 Å². The fourth-order valence-electron chi connectivity index (χ4n) is 1.81. The summed E-state index contributed by atoms with van der Waals surface area (Å²) in [5.74, 6) is -2.98. The van der Waals surface area contributed by atoms with Crippen LogP contribution >= 0.6 is 15.9 Å². The first-order valence-electron chi connectivity index (χ1n) is 4.65. The lowest BCUT2D eigenvalue weighted by Gasteiger charge is -2.11. The van der Waals surface area contributed by atoms with Crippen LogP contribution in [0.1, 0.15) is 17.9 Å². The van der Waals surface area contributed by atoms with Crippen LogP contribution in [0.5, 0.6) is 0 Å². The van der Waals surface area contributed by atoms with Gasteiger partial charge in [0.25, 0.3) is 0 Å². The highest BCUT2D eigenvalue weighted by molar-refractivity contribution is 9.10. The molecule has 82 valence electrons. The molecule has 1 aliphatic heterocycles. The Balaban J connectivity index is 2.47. The smallest absolute Gasteiger partial charge is 0.176 e. The Bertz CT molecular complexity index is 389. The molecule has 0 spiro atoms. The summed E-state index contributed by atoms with van der Waals surface area (Å²) in [6.45, 7) is 1.32. The topological polar surface area (TPSA) is 12.0 Å². The van der Waals surface area contributed by atoms with Crippen molar-refractivity contribution < 1.29 is 13.2 Å². The normalized spacial score (nSPS) is 20.9. The van der Waals surface area contributed by atoms with E-state index < -0.39 is 21.9 Å². The summed E-state index contributed by atoms with van der Waals surface area (Å²) >= 11 is 2.67. The van der Waals surface area contributed by atoms with Crippen LogP contribution < -0.4 is 5.32 Å². The first kappa shape index (κ1) is 11.0. The van der Waals surface area contributed by atoms with Gasteiger partial charge >= 0.3 is 0 Å². The quantitative estimate of drug-likeness (QED) is 0.616. The van der Waals surface area contributed by atoms with Crippen molar-refractivity contribution in [3.63, 3.8) is 0 Å². The molecule has 0 aliphatic carbocycles. The largest absolute Gasteiger partial charge is 0.316 e. The van der Waals surface area contributed by atoms with Crippen LogP contribution in [0.15, 0.2) is 10.5 Å². The number of benzene rings is 1. The highest BCUT2D eigenvalue weighted by atomic mass is 79.9. The van der Waals surface area contributed by atoms with Crippen molar-refractivity contribution >= 4 is 15.9 Å². The van der Waals surface area contributed by atoms with Gasteiger partial charge in [0.05, 0.1) is 4.47 Å².